The lowest BCUT2D eigenvalue weighted by molar-refractivity contribution is -0.191. The van der Waals surface area contributed by atoms with Crippen LogP contribution in [0.15, 0.2) is 0 Å². The standard InChI is InChI=1S/C8H22N4O/c1-5-11(6-2)9-13-10-12(7-3)8-4/h9-10H,5-8H2,1-4H3. The molecule has 0 rings (SSSR count). The van der Waals surface area contributed by atoms with Crippen LogP contribution in [0.3, 0.4) is 0 Å². The highest BCUT2D eigenvalue weighted by molar-refractivity contribution is 4.36. The van der Waals surface area contributed by atoms with Crippen LogP contribution in [0.5, 0.6) is 0 Å². The van der Waals surface area contributed by atoms with Crippen molar-refractivity contribution < 1.29 is 4.94 Å². The third-order valence-corrected chi connectivity index (χ3v) is 1.88. The summed E-state index contributed by atoms with van der Waals surface area (Å²) in [6, 6.07) is 0. The van der Waals surface area contributed by atoms with Crippen molar-refractivity contribution in [1.29, 1.82) is 0 Å². The third kappa shape index (κ3) is 5.95. The molecule has 0 aromatic rings. The van der Waals surface area contributed by atoms with Gasteiger partial charge < -0.3 is 0 Å². The molecule has 0 bridgehead atoms. The summed E-state index contributed by atoms with van der Waals surface area (Å²) in [6.07, 6.45) is 0. The molecule has 0 saturated carbocycles. The van der Waals surface area contributed by atoms with Crippen molar-refractivity contribution in [3.8, 4) is 0 Å². The Morgan fingerprint density at radius 2 is 1.08 bits per heavy atom. The number of nitrogens with zero attached hydrogens (tertiary/aromatic N) is 2. The van der Waals surface area contributed by atoms with Gasteiger partial charge in [0.2, 0.25) is 0 Å². The number of hydrogen-bond acceptors (Lipinski definition) is 5. The molecule has 0 aromatic heterocycles. The van der Waals surface area contributed by atoms with E-state index in [1.807, 2.05) is 10.0 Å². The SMILES string of the molecule is CCN(CC)NONN(CC)CC. The Bertz CT molecular complexity index is 92.3. The van der Waals surface area contributed by atoms with E-state index in [1.165, 1.54) is 0 Å². The second kappa shape index (κ2) is 8.40. The Morgan fingerprint density at radius 3 is 1.31 bits per heavy atom. The highest BCUT2D eigenvalue weighted by atomic mass is 16.8. The van der Waals surface area contributed by atoms with Gasteiger partial charge in [0.25, 0.3) is 0 Å². The number of nitrogens with one attached hydrogen (secondary N) is 2. The molecule has 5 nitrogen and oxygen atoms in total. The summed E-state index contributed by atoms with van der Waals surface area (Å²) >= 11 is 0. The lowest BCUT2D eigenvalue weighted by atomic mass is 10.6. The van der Waals surface area contributed by atoms with Crippen LogP contribution in [0.25, 0.3) is 0 Å². The van der Waals surface area contributed by atoms with E-state index in [0.29, 0.717) is 0 Å². The first-order chi connectivity index (χ1) is 6.28. The quantitative estimate of drug-likeness (QED) is 0.546. The molecule has 0 aromatic carbocycles. The summed E-state index contributed by atoms with van der Waals surface area (Å²) in [5.41, 5.74) is 5.60. The van der Waals surface area contributed by atoms with Gasteiger partial charge in [-0.25, -0.2) is 10.0 Å². The topological polar surface area (TPSA) is 39.8 Å². The maximum atomic E-state index is 5.07. The number of hydrogen-bond donors (Lipinski definition) is 2. The molecule has 0 aliphatic heterocycles. The van der Waals surface area contributed by atoms with Crippen LogP contribution < -0.4 is 11.2 Å². The highest BCUT2D eigenvalue weighted by Crippen LogP contribution is 1.81. The molecule has 80 valence electrons. The lowest BCUT2D eigenvalue weighted by Gasteiger charge is -2.22. The van der Waals surface area contributed by atoms with Crippen LogP contribution in [-0.2, 0) is 4.94 Å². The minimum absolute atomic E-state index is 0.913. The Morgan fingerprint density at radius 1 is 0.769 bits per heavy atom. The Labute approximate surface area is 80.9 Å². The summed E-state index contributed by atoms with van der Waals surface area (Å²) in [5.74, 6) is 0. The molecule has 0 heterocycles. The van der Waals surface area contributed by atoms with Crippen molar-refractivity contribution in [3.05, 3.63) is 0 Å². The molecule has 0 aliphatic carbocycles. The Kier molecular flexibility index (Phi) is 8.27. The predicted octanol–water partition coefficient (Wildman–Crippen LogP) is 0.526. The largest absolute Gasteiger partial charge is 0.220 e. The monoisotopic (exact) mass is 190 g/mol. The van der Waals surface area contributed by atoms with Gasteiger partial charge in [0.1, 0.15) is 0 Å². The van der Waals surface area contributed by atoms with E-state index in [2.05, 4.69) is 38.9 Å². The molecule has 2 N–H and O–H groups in total. The van der Waals surface area contributed by atoms with Gasteiger partial charge in [0, 0.05) is 26.2 Å². The molecular weight excluding hydrogens is 168 g/mol. The molecular formula is C8H22N4O. The zero-order valence-electron chi connectivity index (χ0n) is 9.13. The van der Waals surface area contributed by atoms with Gasteiger partial charge in [-0.3, -0.25) is 0 Å². The molecule has 0 unspecified atom stereocenters. The second-order valence-electron chi connectivity index (χ2n) is 2.63. The average Bonchev–Trinajstić information content (AvgIpc) is 2.19. The zero-order valence-corrected chi connectivity index (χ0v) is 9.13. The average molecular weight is 190 g/mol. The van der Waals surface area contributed by atoms with Gasteiger partial charge in [-0.1, -0.05) is 27.7 Å². The van der Waals surface area contributed by atoms with E-state index < -0.39 is 0 Å². The summed E-state index contributed by atoms with van der Waals surface area (Å²) in [4.78, 5) is 5.07. The zero-order chi connectivity index (χ0) is 10.1. The predicted molar refractivity (Wildman–Crippen MR) is 53.2 cm³/mol. The summed E-state index contributed by atoms with van der Waals surface area (Å²) < 4.78 is 0. The molecule has 0 saturated heterocycles. The van der Waals surface area contributed by atoms with E-state index in [9.17, 15) is 0 Å². The third-order valence-electron chi connectivity index (χ3n) is 1.88. The summed E-state index contributed by atoms with van der Waals surface area (Å²) in [6.45, 7) is 11.9. The molecule has 0 amide bonds. The van der Waals surface area contributed by atoms with Gasteiger partial charge in [-0.15, -0.1) is 11.2 Å². The van der Waals surface area contributed by atoms with Crippen LogP contribution in [-0.4, -0.2) is 36.2 Å². The van der Waals surface area contributed by atoms with E-state index in [-0.39, 0.29) is 0 Å². The number of rotatable bonds is 8. The van der Waals surface area contributed by atoms with Crippen LogP contribution in [0.4, 0.5) is 0 Å². The molecule has 0 fully saturated rings. The molecule has 0 atom stereocenters. The van der Waals surface area contributed by atoms with Gasteiger partial charge in [0.15, 0.2) is 0 Å². The van der Waals surface area contributed by atoms with Crippen molar-refractivity contribution in [1.82, 2.24) is 21.2 Å². The smallest absolute Gasteiger partial charge is 0.0125 e. The van der Waals surface area contributed by atoms with Crippen molar-refractivity contribution >= 4 is 0 Å². The van der Waals surface area contributed by atoms with Crippen molar-refractivity contribution in [2.45, 2.75) is 27.7 Å². The highest BCUT2D eigenvalue weighted by Gasteiger charge is 1.99. The Balaban J connectivity index is 3.41. The van der Waals surface area contributed by atoms with E-state index in [0.717, 1.165) is 26.2 Å². The van der Waals surface area contributed by atoms with E-state index >= 15 is 0 Å². The van der Waals surface area contributed by atoms with Gasteiger partial charge in [-0.2, -0.15) is 4.94 Å². The van der Waals surface area contributed by atoms with Gasteiger partial charge in [-0.05, 0) is 0 Å². The van der Waals surface area contributed by atoms with Crippen LogP contribution >= 0.6 is 0 Å². The summed E-state index contributed by atoms with van der Waals surface area (Å²) in [5, 5.41) is 3.91. The minimum Gasteiger partial charge on any atom is -0.220 e. The van der Waals surface area contributed by atoms with Crippen LogP contribution in [0.2, 0.25) is 0 Å². The normalized spacial score (nSPS) is 11.5. The number of hydrazine groups is 2. The minimum atomic E-state index is 0.913. The lowest BCUT2D eigenvalue weighted by Crippen LogP contribution is -2.47. The van der Waals surface area contributed by atoms with E-state index in [1.54, 1.807) is 0 Å². The first-order valence-corrected chi connectivity index (χ1v) is 4.95. The van der Waals surface area contributed by atoms with Crippen LogP contribution in [0.1, 0.15) is 27.7 Å². The molecule has 0 aliphatic rings. The van der Waals surface area contributed by atoms with Crippen molar-refractivity contribution in [3.63, 3.8) is 0 Å². The summed E-state index contributed by atoms with van der Waals surface area (Å²) in [7, 11) is 0. The molecule has 5 heteroatoms. The van der Waals surface area contributed by atoms with Crippen molar-refractivity contribution in [2.75, 3.05) is 26.2 Å². The molecule has 0 radical (unpaired) electrons. The van der Waals surface area contributed by atoms with Crippen molar-refractivity contribution in [2.24, 2.45) is 0 Å². The second-order valence-corrected chi connectivity index (χ2v) is 2.63. The van der Waals surface area contributed by atoms with Gasteiger partial charge >= 0.3 is 0 Å². The molecule has 0 spiro atoms. The van der Waals surface area contributed by atoms with E-state index in [4.69, 9.17) is 4.94 Å². The van der Waals surface area contributed by atoms with Crippen LogP contribution in [0, 0.1) is 0 Å². The molecule has 13 heavy (non-hydrogen) atoms. The fourth-order valence-corrected chi connectivity index (χ4v) is 0.855. The fourth-order valence-electron chi connectivity index (χ4n) is 0.855. The maximum absolute atomic E-state index is 5.07. The maximum Gasteiger partial charge on any atom is 0.0125 e. The fraction of sp³-hybridized carbons (Fsp3) is 1.00. The van der Waals surface area contributed by atoms with Gasteiger partial charge in [0.05, 0.1) is 0 Å². The first-order valence-electron chi connectivity index (χ1n) is 4.95. The Hall–Kier alpha value is -0.200. The first kappa shape index (κ1) is 12.8.